The zero-order chi connectivity index (χ0) is 18.9. The van der Waals surface area contributed by atoms with Crippen LogP contribution in [0.1, 0.15) is 0 Å². The Morgan fingerprint density at radius 1 is 1.23 bits per heavy atom. The third kappa shape index (κ3) is 3.35. The summed E-state index contributed by atoms with van der Waals surface area (Å²) in [6.45, 7) is 0.00672. The van der Waals surface area contributed by atoms with Crippen molar-refractivity contribution in [2.45, 2.75) is 4.90 Å². The van der Waals surface area contributed by atoms with Crippen LogP contribution in [0.5, 0.6) is 5.75 Å². The van der Waals surface area contributed by atoms with Gasteiger partial charge in [0.2, 0.25) is 10.0 Å². The highest BCUT2D eigenvalue weighted by molar-refractivity contribution is 7.89. The Morgan fingerprint density at radius 3 is 2.69 bits per heavy atom. The van der Waals surface area contributed by atoms with Crippen molar-refractivity contribution in [1.29, 1.82) is 0 Å². The van der Waals surface area contributed by atoms with E-state index in [0.29, 0.717) is 5.52 Å². The number of likely N-dealkylation sites (N-methyl/N-ethyl adjacent to an activating group) is 1. The predicted molar refractivity (Wildman–Crippen MR) is 93.2 cm³/mol. The molecule has 0 saturated heterocycles. The van der Waals surface area contributed by atoms with Gasteiger partial charge in [0.25, 0.3) is 0 Å². The standard InChI is InChI=1S/C17H17FN2O5S/c1-19(9-10-24-15-6-4-3-5-13(15)18)26(22,23)12-7-8-14-16(11-12)25-17(21)20(14)2/h3-8,11H,9-10H2,1-2H3. The molecule has 0 atom stereocenters. The second-order valence-electron chi connectivity index (χ2n) is 5.66. The molecule has 9 heteroatoms. The van der Waals surface area contributed by atoms with E-state index in [1.165, 1.54) is 55.1 Å². The van der Waals surface area contributed by atoms with E-state index in [1.807, 2.05) is 0 Å². The third-order valence-electron chi connectivity index (χ3n) is 3.97. The second kappa shape index (κ2) is 6.93. The summed E-state index contributed by atoms with van der Waals surface area (Å²) in [4.78, 5) is 11.5. The zero-order valence-corrected chi connectivity index (χ0v) is 15.0. The van der Waals surface area contributed by atoms with Gasteiger partial charge < -0.3 is 9.15 Å². The van der Waals surface area contributed by atoms with E-state index in [4.69, 9.17) is 9.15 Å². The van der Waals surface area contributed by atoms with Crippen molar-refractivity contribution < 1.29 is 22.0 Å². The van der Waals surface area contributed by atoms with Crippen LogP contribution in [-0.2, 0) is 17.1 Å². The van der Waals surface area contributed by atoms with Gasteiger partial charge in [-0.05, 0) is 24.3 Å². The maximum Gasteiger partial charge on any atom is 0.419 e. The number of aromatic nitrogens is 1. The van der Waals surface area contributed by atoms with Gasteiger partial charge >= 0.3 is 5.76 Å². The molecular formula is C17H17FN2O5S. The van der Waals surface area contributed by atoms with Crippen LogP contribution in [0.25, 0.3) is 11.1 Å². The highest BCUT2D eigenvalue weighted by Crippen LogP contribution is 2.21. The third-order valence-corrected chi connectivity index (χ3v) is 5.83. The molecule has 0 fully saturated rings. The van der Waals surface area contributed by atoms with E-state index in [0.717, 1.165) is 4.31 Å². The average molecular weight is 380 g/mol. The molecule has 3 rings (SSSR count). The first-order valence-electron chi connectivity index (χ1n) is 7.74. The van der Waals surface area contributed by atoms with E-state index in [-0.39, 0.29) is 29.4 Å². The first-order chi connectivity index (χ1) is 12.3. The molecule has 1 heterocycles. The number of hydrogen-bond acceptors (Lipinski definition) is 5. The first kappa shape index (κ1) is 18.2. The van der Waals surface area contributed by atoms with Gasteiger partial charge in [-0.1, -0.05) is 12.1 Å². The largest absolute Gasteiger partial charge is 0.489 e. The lowest BCUT2D eigenvalue weighted by molar-refractivity contribution is 0.275. The molecule has 0 bridgehead atoms. The molecule has 0 saturated carbocycles. The van der Waals surface area contributed by atoms with E-state index >= 15 is 0 Å². The van der Waals surface area contributed by atoms with Gasteiger partial charge in [-0.25, -0.2) is 17.6 Å². The Kier molecular flexibility index (Phi) is 4.84. The maximum absolute atomic E-state index is 13.5. The Labute approximate surface area is 149 Å². The van der Waals surface area contributed by atoms with E-state index in [2.05, 4.69) is 0 Å². The van der Waals surface area contributed by atoms with Crippen molar-refractivity contribution in [3.05, 3.63) is 58.8 Å². The van der Waals surface area contributed by atoms with Crippen LogP contribution in [0.15, 0.2) is 56.6 Å². The van der Waals surface area contributed by atoms with Gasteiger partial charge in [0.15, 0.2) is 17.1 Å². The summed E-state index contributed by atoms with van der Waals surface area (Å²) in [6.07, 6.45) is 0. The van der Waals surface area contributed by atoms with Crippen LogP contribution in [0.2, 0.25) is 0 Å². The maximum atomic E-state index is 13.5. The number of para-hydroxylation sites is 1. The number of sulfonamides is 1. The SMILES string of the molecule is CN(CCOc1ccccc1F)S(=O)(=O)c1ccc2c(c1)oc(=O)n2C. The number of aryl methyl sites for hydroxylation is 1. The summed E-state index contributed by atoms with van der Waals surface area (Å²) in [5.74, 6) is -1.02. The molecule has 0 amide bonds. The quantitative estimate of drug-likeness (QED) is 0.653. The van der Waals surface area contributed by atoms with Crippen molar-refractivity contribution in [1.82, 2.24) is 8.87 Å². The zero-order valence-electron chi connectivity index (χ0n) is 14.2. The number of fused-ring (bicyclic) bond motifs is 1. The van der Waals surface area contributed by atoms with Crippen molar-refractivity contribution in [3.63, 3.8) is 0 Å². The van der Waals surface area contributed by atoms with Crippen LogP contribution >= 0.6 is 0 Å². The smallest absolute Gasteiger partial charge is 0.419 e. The monoisotopic (exact) mass is 380 g/mol. The minimum absolute atomic E-state index is 0.00672. The lowest BCUT2D eigenvalue weighted by Gasteiger charge is -2.17. The molecule has 1 aromatic heterocycles. The lowest BCUT2D eigenvalue weighted by Crippen LogP contribution is -2.31. The average Bonchev–Trinajstić information content (AvgIpc) is 2.90. The molecular weight excluding hydrogens is 363 g/mol. The van der Waals surface area contributed by atoms with Crippen LogP contribution in [0.4, 0.5) is 4.39 Å². The number of ether oxygens (including phenoxy) is 1. The molecule has 138 valence electrons. The Balaban J connectivity index is 1.74. The number of rotatable bonds is 6. The molecule has 7 nitrogen and oxygen atoms in total. The fourth-order valence-electron chi connectivity index (χ4n) is 2.42. The summed E-state index contributed by atoms with van der Waals surface area (Å²) >= 11 is 0. The van der Waals surface area contributed by atoms with Crippen molar-refractivity contribution in [2.24, 2.45) is 7.05 Å². The summed E-state index contributed by atoms with van der Waals surface area (Å²) in [5, 5.41) is 0. The molecule has 0 aliphatic heterocycles. The summed E-state index contributed by atoms with van der Waals surface area (Å²) < 4.78 is 51.5. The molecule has 26 heavy (non-hydrogen) atoms. The number of oxazole rings is 1. The van der Waals surface area contributed by atoms with Crippen LogP contribution in [0.3, 0.4) is 0 Å². The second-order valence-corrected chi connectivity index (χ2v) is 7.71. The Morgan fingerprint density at radius 2 is 1.96 bits per heavy atom. The summed E-state index contributed by atoms with van der Waals surface area (Å²) in [6, 6.07) is 10.1. The fraction of sp³-hybridized carbons (Fsp3) is 0.235. The highest BCUT2D eigenvalue weighted by atomic mass is 32.2. The lowest BCUT2D eigenvalue weighted by atomic mass is 10.3. The van der Waals surface area contributed by atoms with Gasteiger partial charge in [0, 0.05) is 26.7 Å². The predicted octanol–water partition coefficient (Wildman–Crippen LogP) is 1.97. The van der Waals surface area contributed by atoms with Gasteiger partial charge in [-0.3, -0.25) is 4.57 Å². The number of halogens is 1. The summed E-state index contributed by atoms with van der Waals surface area (Å²) in [7, 11) is -0.880. The highest BCUT2D eigenvalue weighted by Gasteiger charge is 2.22. The van der Waals surface area contributed by atoms with E-state index < -0.39 is 21.6 Å². The molecule has 0 aliphatic rings. The number of benzene rings is 2. The van der Waals surface area contributed by atoms with Crippen molar-refractivity contribution >= 4 is 21.1 Å². The minimum Gasteiger partial charge on any atom is -0.489 e. The van der Waals surface area contributed by atoms with Crippen LogP contribution in [0, 0.1) is 5.82 Å². The Hall–Kier alpha value is -2.65. The van der Waals surface area contributed by atoms with Crippen molar-refractivity contribution in [3.8, 4) is 5.75 Å². The molecule has 3 aromatic rings. The van der Waals surface area contributed by atoms with Gasteiger partial charge in [0.05, 0.1) is 10.4 Å². The molecule has 0 aliphatic carbocycles. The van der Waals surface area contributed by atoms with Crippen LogP contribution < -0.4 is 10.5 Å². The van der Waals surface area contributed by atoms with Crippen LogP contribution in [-0.4, -0.2) is 37.5 Å². The fourth-order valence-corrected chi connectivity index (χ4v) is 3.59. The molecule has 0 radical (unpaired) electrons. The topological polar surface area (TPSA) is 81.8 Å². The normalized spacial score (nSPS) is 12.0. The van der Waals surface area contributed by atoms with E-state index in [1.54, 1.807) is 6.07 Å². The van der Waals surface area contributed by atoms with E-state index in [9.17, 15) is 17.6 Å². The molecule has 0 spiro atoms. The van der Waals surface area contributed by atoms with Crippen molar-refractivity contribution in [2.75, 3.05) is 20.2 Å². The Bertz CT molecular complexity index is 1100. The van der Waals surface area contributed by atoms with Gasteiger partial charge in [-0.2, -0.15) is 4.31 Å². The minimum atomic E-state index is -3.81. The number of nitrogens with zero attached hydrogens (tertiary/aromatic N) is 2. The summed E-state index contributed by atoms with van der Waals surface area (Å²) in [5.41, 5.74) is 0.689. The first-order valence-corrected chi connectivity index (χ1v) is 9.18. The number of hydrogen-bond donors (Lipinski definition) is 0. The molecule has 0 unspecified atom stereocenters. The van der Waals surface area contributed by atoms with Gasteiger partial charge in [0.1, 0.15) is 6.61 Å². The van der Waals surface area contributed by atoms with Gasteiger partial charge in [-0.15, -0.1) is 0 Å². The molecule has 0 N–H and O–H groups in total. The molecule has 2 aromatic carbocycles.